The van der Waals surface area contributed by atoms with Gasteiger partial charge in [0.05, 0.1) is 5.69 Å². The van der Waals surface area contributed by atoms with Crippen LogP contribution in [0.1, 0.15) is 11.1 Å². The van der Waals surface area contributed by atoms with Gasteiger partial charge in [-0.2, -0.15) is 0 Å². The number of nitrogens with one attached hydrogen (secondary N) is 1. The average Bonchev–Trinajstić information content (AvgIpc) is 2.37. The predicted octanol–water partition coefficient (Wildman–Crippen LogP) is 1.65. The fourth-order valence-corrected chi connectivity index (χ4v) is 2.47. The molecule has 5 nitrogen and oxygen atoms in total. The molecule has 0 aliphatic heterocycles. The number of hydrogen-bond donors (Lipinski definition) is 2. The summed E-state index contributed by atoms with van der Waals surface area (Å²) < 4.78 is 22.9. The second-order valence-electron chi connectivity index (χ2n) is 4.20. The SMILES string of the molecule is Cc1cnccc1CNc1ccccc1S(N)(=O)=O. The first-order valence-corrected chi connectivity index (χ1v) is 7.28. The second kappa shape index (κ2) is 5.38. The molecule has 0 aliphatic rings. The van der Waals surface area contributed by atoms with Gasteiger partial charge in [0, 0.05) is 18.9 Å². The van der Waals surface area contributed by atoms with Gasteiger partial charge in [0.2, 0.25) is 10.0 Å². The van der Waals surface area contributed by atoms with Crippen molar-refractivity contribution in [3.05, 3.63) is 53.9 Å². The van der Waals surface area contributed by atoms with Crippen molar-refractivity contribution in [3.63, 3.8) is 0 Å². The second-order valence-corrected chi connectivity index (χ2v) is 5.73. The number of aromatic nitrogens is 1. The van der Waals surface area contributed by atoms with E-state index in [0.29, 0.717) is 12.2 Å². The van der Waals surface area contributed by atoms with Crippen LogP contribution in [0.25, 0.3) is 0 Å². The normalized spacial score (nSPS) is 11.3. The van der Waals surface area contributed by atoms with Crippen LogP contribution >= 0.6 is 0 Å². The highest BCUT2D eigenvalue weighted by atomic mass is 32.2. The van der Waals surface area contributed by atoms with Crippen molar-refractivity contribution in [2.45, 2.75) is 18.4 Å². The molecule has 0 bridgehead atoms. The monoisotopic (exact) mass is 277 g/mol. The molecule has 0 radical (unpaired) electrons. The van der Waals surface area contributed by atoms with Crippen LogP contribution in [0.5, 0.6) is 0 Å². The standard InChI is InChI=1S/C13H15N3O2S/c1-10-8-15-7-6-11(10)9-16-12-4-2-3-5-13(12)19(14,17)18/h2-8,16H,9H2,1H3,(H2,14,17,18). The molecule has 0 spiro atoms. The summed E-state index contributed by atoms with van der Waals surface area (Å²) in [6.07, 6.45) is 3.47. The van der Waals surface area contributed by atoms with E-state index in [9.17, 15) is 8.42 Å². The molecule has 2 rings (SSSR count). The zero-order valence-electron chi connectivity index (χ0n) is 10.5. The number of para-hydroxylation sites is 1. The Morgan fingerprint density at radius 1 is 1.26 bits per heavy atom. The van der Waals surface area contributed by atoms with E-state index in [4.69, 9.17) is 5.14 Å². The summed E-state index contributed by atoms with van der Waals surface area (Å²) in [5.41, 5.74) is 2.60. The van der Waals surface area contributed by atoms with Crippen LogP contribution in [0.3, 0.4) is 0 Å². The number of benzene rings is 1. The number of pyridine rings is 1. The third-order valence-electron chi connectivity index (χ3n) is 2.80. The lowest BCUT2D eigenvalue weighted by Gasteiger charge is -2.11. The number of rotatable bonds is 4. The lowest BCUT2D eigenvalue weighted by atomic mass is 10.1. The largest absolute Gasteiger partial charge is 0.380 e. The third-order valence-corrected chi connectivity index (χ3v) is 3.77. The van der Waals surface area contributed by atoms with Crippen molar-refractivity contribution >= 4 is 15.7 Å². The summed E-state index contributed by atoms with van der Waals surface area (Å²) in [5.74, 6) is 0. The number of nitrogens with zero attached hydrogens (tertiary/aromatic N) is 1. The molecule has 6 heteroatoms. The van der Waals surface area contributed by atoms with Crippen LogP contribution in [-0.4, -0.2) is 13.4 Å². The molecular formula is C13H15N3O2S. The van der Waals surface area contributed by atoms with Crippen LogP contribution in [0.15, 0.2) is 47.6 Å². The minimum atomic E-state index is -3.72. The zero-order chi connectivity index (χ0) is 13.9. The van der Waals surface area contributed by atoms with Crippen molar-refractivity contribution in [2.24, 2.45) is 5.14 Å². The smallest absolute Gasteiger partial charge is 0.240 e. The van der Waals surface area contributed by atoms with E-state index in [1.807, 2.05) is 13.0 Å². The van der Waals surface area contributed by atoms with E-state index in [-0.39, 0.29) is 4.90 Å². The molecule has 0 amide bonds. The average molecular weight is 277 g/mol. The Bertz CT molecular complexity index is 684. The van der Waals surface area contributed by atoms with Gasteiger partial charge in [-0.05, 0) is 36.2 Å². The van der Waals surface area contributed by atoms with E-state index in [1.165, 1.54) is 6.07 Å². The first-order valence-electron chi connectivity index (χ1n) is 5.73. The Morgan fingerprint density at radius 3 is 2.68 bits per heavy atom. The predicted molar refractivity (Wildman–Crippen MR) is 74.1 cm³/mol. The third kappa shape index (κ3) is 3.30. The van der Waals surface area contributed by atoms with Crippen LogP contribution in [-0.2, 0) is 16.6 Å². The number of sulfonamides is 1. The van der Waals surface area contributed by atoms with Crippen LogP contribution in [0.2, 0.25) is 0 Å². The Labute approximate surface area is 112 Å². The van der Waals surface area contributed by atoms with Crippen LogP contribution in [0, 0.1) is 6.92 Å². The quantitative estimate of drug-likeness (QED) is 0.889. The summed E-state index contributed by atoms with van der Waals surface area (Å²) >= 11 is 0. The lowest BCUT2D eigenvalue weighted by Crippen LogP contribution is -2.15. The van der Waals surface area contributed by atoms with Gasteiger partial charge in [0.1, 0.15) is 4.90 Å². The van der Waals surface area contributed by atoms with Gasteiger partial charge in [0.15, 0.2) is 0 Å². The molecule has 1 aromatic heterocycles. The summed E-state index contributed by atoms with van der Waals surface area (Å²) in [5, 5.41) is 8.27. The first kappa shape index (κ1) is 13.5. The molecule has 0 saturated carbocycles. The highest BCUT2D eigenvalue weighted by molar-refractivity contribution is 7.89. The molecular weight excluding hydrogens is 262 g/mol. The number of aryl methyl sites for hydroxylation is 1. The molecule has 0 fully saturated rings. The number of anilines is 1. The van der Waals surface area contributed by atoms with Gasteiger partial charge in [-0.1, -0.05) is 12.1 Å². The van der Waals surface area contributed by atoms with Gasteiger partial charge < -0.3 is 5.32 Å². The van der Waals surface area contributed by atoms with E-state index in [0.717, 1.165) is 11.1 Å². The minimum Gasteiger partial charge on any atom is -0.380 e. The van der Waals surface area contributed by atoms with Crippen molar-refractivity contribution in [3.8, 4) is 0 Å². The van der Waals surface area contributed by atoms with E-state index in [2.05, 4.69) is 10.3 Å². The molecule has 0 saturated heterocycles. The van der Waals surface area contributed by atoms with Crippen molar-refractivity contribution in [2.75, 3.05) is 5.32 Å². The molecule has 19 heavy (non-hydrogen) atoms. The summed E-state index contributed by atoms with van der Waals surface area (Å²) in [4.78, 5) is 4.11. The topological polar surface area (TPSA) is 85.1 Å². The molecule has 1 heterocycles. The molecule has 100 valence electrons. The van der Waals surface area contributed by atoms with Crippen molar-refractivity contribution < 1.29 is 8.42 Å². The van der Waals surface area contributed by atoms with Crippen molar-refractivity contribution in [1.82, 2.24) is 4.98 Å². The molecule has 3 N–H and O–H groups in total. The summed E-state index contributed by atoms with van der Waals surface area (Å²) in [6, 6.07) is 8.47. The zero-order valence-corrected chi connectivity index (χ0v) is 11.3. The molecule has 0 atom stereocenters. The highest BCUT2D eigenvalue weighted by Gasteiger charge is 2.12. The van der Waals surface area contributed by atoms with Crippen LogP contribution < -0.4 is 10.5 Å². The Kier molecular flexibility index (Phi) is 3.82. The molecule has 1 aromatic carbocycles. The van der Waals surface area contributed by atoms with E-state index < -0.39 is 10.0 Å². The molecule has 2 aromatic rings. The Morgan fingerprint density at radius 2 is 2.00 bits per heavy atom. The summed E-state index contributed by atoms with van der Waals surface area (Å²) in [7, 11) is -3.72. The number of primary sulfonamides is 1. The van der Waals surface area contributed by atoms with Gasteiger partial charge in [-0.25, -0.2) is 13.6 Å². The van der Waals surface area contributed by atoms with Gasteiger partial charge in [-0.15, -0.1) is 0 Å². The van der Waals surface area contributed by atoms with Gasteiger partial charge >= 0.3 is 0 Å². The Hall–Kier alpha value is -1.92. The molecule has 0 aliphatic carbocycles. The van der Waals surface area contributed by atoms with Crippen molar-refractivity contribution in [1.29, 1.82) is 0 Å². The number of hydrogen-bond acceptors (Lipinski definition) is 4. The minimum absolute atomic E-state index is 0.0988. The fraction of sp³-hybridized carbons (Fsp3) is 0.154. The fourth-order valence-electron chi connectivity index (χ4n) is 1.75. The van der Waals surface area contributed by atoms with E-state index in [1.54, 1.807) is 30.6 Å². The maximum absolute atomic E-state index is 11.5. The van der Waals surface area contributed by atoms with Gasteiger partial charge in [-0.3, -0.25) is 4.98 Å². The van der Waals surface area contributed by atoms with Crippen LogP contribution in [0.4, 0.5) is 5.69 Å². The maximum atomic E-state index is 11.5. The maximum Gasteiger partial charge on any atom is 0.240 e. The molecule has 0 unspecified atom stereocenters. The van der Waals surface area contributed by atoms with E-state index >= 15 is 0 Å². The first-order chi connectivity index (χ1) is 8.98. The number of nitrogens with two attached hydrogens (primary N) is 1. The summed E-state index contributed by atoms with van der Waals surface area (Å²) in [6.45, 7) is 2.47. The lowest BCUT2D eigenvalue weighted by molar-refractivity contribution is 0.598. The Balaban J connectivity index is 2.24. The van der Waals surface area contributed by atoms with Gasteiger partial charge in [0.25, 0.3) is 0 Å². The highest BCUT2D eigenvalue weighted by Crippen LogP contribution is 2.20.